The number of nitrogens with one attached hydrogen (secondary N) is 1. The van der Waals surface area contributed by atoms with E-state index in [-0.39, 0.29) is 0 Å². The maximum absolute atomic E-state index is 3.69. The van der Waals surface area contributed by atoms with Crippen LogP contribution in [0, 0.1) is 11.8 Å². The van der Waals surface area contributed by atoms with Crippen LogP contribution in [0.2, 0.25) is 0 Å². The van der Waals surface area contributed by atoms with Crippen molar-refractivity contribution in [3.8, 4) is 0 Å². The Hall–Kier alpha value is -0.0400. The summed E-state index contributed by atoms with van der Waals surface area (Å²) in [6.07, 6.45) is 13.2. The van der Waals surface area contributed by atoms with Gasteiger partial charge in [0.1, 0.15) is 0 Å². The number of rotatable bonds is 8. The van der Waals surface area contributed by atoms with Gasteiger partial charge in [-0.15, -0.1) is 0 Å². The van der Waals surface area contributed by atoms with Crippen molar-refractivity contribution in [1.29, 1.82) is 0 Å². The fraction of sp³-hybridized carbons (Fsp3) is 1.00. The van der Waals surface area contributed by atoms with E-state index in [1.807, 2.05) is 0 Å². The predicted octanol–water partition coefficient (Wildman–Crippen LogP) is 3.74. The quantitative estimate of drug-likeness (QED) is 0.601. The monoisotopic (exact) mass is 209 g/mol. The highest BCUT2D eigenvalue weighted by Crippen LogP contribution is 2.38. The summed E-state index contributed by atoms with van der Waals surface area (Å²) in [4.78, 5) is 0. The summed E-state index contributed by atoms with van der Waals surface area (Å²) < 4.78 is 0. The molecule has 0 aromatic heterocycles. The van der Waals surface area contributed by atoms with Crippen LogP contribution in [-0.2, 0) is 0 Å². The van der Waals surface area contributed by atoms with Crippen LogP contribution in [0.25, 0.3) is 0 Å². The first-order valence-electron chi connectivity index (χ1n) is 7.13. The Kier molecular flexibility index (Phi) is 4.49. The second kappa shape index (κ2) is 5.89. The van der Waals surface area contributed by atoms with Gasteiger partial charge in [0.15, 0.2) is 0 Å². The molecule has 1 heteroatoms. The largest absolute Gasteiger partial charge is 0.314 e. The van der Waals surface area contributed by atoms with Crippen LogP contribution in [0.1, 0.15) is 64.7 Å². The lowest BCUT2D eigenvalue weighted by Gasteiger charge is -2.37. The molecule has 2 aliphatic rings. The molecule has 1 nitrogen and oxygen atoms in total. The molecule has 0 aromatic rings. The minimum Gasteiger partial charge on any atom is -0.314 e. The van der Waals surface area contributed by atoms with Gasteiger partial charge in [0.2, 0.25) is 0 Å². The van der Waals surface area contributed by atoms with Crippen LogP contribution in [0.4, 0.5) is 0 Å². The number of hydrogen-bond acceptors (Lipinski definition) is 1. The first kappa shape index (κ1) is 11.4. The molecule has 0 bridgehead atoms. The highest BCUT2D eigenvalue weighted by atomic mass is 14.9. The number of hydrogen-bond donors (Lipinski definition) is 1. The molecule has 0 saturated heterocycles. The topological polar surface area (TPSA) is 12.0 Å². The van der Waals surface area contributed by atoms with Gasteiger partial charge in [-0.05, 0) is 44.1 Å². The van der Waals surface area contributed by atoms with Gasteiger partial charge in [0.25, 0.3) is 0 Å². The van der Waals surface area contributed by atoms with Crippen LogP contribution in [-0.4, -0.2) is 12.6 Å². The SMILES string of the molecule is CCCCCCC1CCC1CNC1CC1. The van der Waals surface area contributed by atoms with E-state index in [4.69, 9.17) is 0 Å². The van der Waals surface area contributed by atoms with E-state index in [0.29, 0.717) is 0 Å². The van der Waals surface area contributed by atoms with Crippen molar-refractivity contribution in [2.75, 3.05) is 6.54 Å². The van der Waals surface area contributed by atoms with Crippen LogP contribution >= 0.6 is 0 Å². The van der Waals surface area contributed by atoms with Gasteiger partial charge in [-0.2, -0.15) is 0 Å². The third kappa shape index (κ3) is 3.79. The van der Waals surface area contributed by atoms with E-state index >= 15 is 0 Å². The van der Waals surface area contributed by atoms with Gasteiger partial charge in [-0.1, -0.05) is 39.0 Å². The maximum atomic E-state index is 3.69. The Labute approximate surface area is 95.0 Å². The number of unbranched alkanes of at least 4 members (excludes halogenated alkanes) is 3. The first-order valence-corrected chi connectivity index (χ1v) is 7.13. The lowest BCUT2D eigenvalue weighted by molar-refractivity contribution is 0.156. The molecule has 88 valence electrons. The van der Waals surface area contributed by atoms with E-state index in [9.17, 15) is 0 Å². The molecule has 2 saturated carbocycles. The van der Waals surface area contributed by atoms with E-state index in [2.05, 4.69) is 12.2 Å². The molecule has 2 fully saturated rings. The van der Waals surface area contributed by atoms with Gasteiger partial charge in [0.05, 0.1) is 0 Å². The molecular weight excluding hydrogens is 182 g/mol. The molecule has 0 amide bonds. The fourth-order valence-electron chi connectivity index (χ4n) is 2.73. The third-order valence-electron chi connectivity index (χ3n) is 4.25. The van der Waals surface area contributed by atoms with Crippen molar-refractivity contribution in [1.82, 2.24) is 5.32 Å². The van der Waals surface area contributed by atoms with Gasteiger partial charge in [-0.25, -0.2) is 0 Å². The average molecular weight is 209 g/mol. The van der Waals surface area contributed by atoms with Crippen LogP contribution in [0.5, 0.6) is 0 Å². The molecule has 2 rings (SSSR count). The Morgan fingerprint density at radius 1 is 0.933 bits per heavy atom. The van der Waals surface area contributed by atoms with Crippen LogP contribution in [0.3, 0.4) is 0 Å². The summed E-state index contributed by atoms with van der Waals surface area (Å²) in [5.41, 5.74) is 0. The van der Waals surface area contributed by atoms with Crippen molar-refractivity contribution in [3.63, 3.8) is 0 Å². The molecule has 0 heterocycles. The highest BCUT2D eigenvalue weighted by Gasteiger charge is 2.31. The standard InChI is InChI=1S/C14H27N/c1-2-3-4-5-6-12-7-8-13(12)11-15-14-9-10-14/h12-15H,2-11H2,1H3. The summed E-state index contributed by atoms with van der Waals surface area (Å²) in [6.45, 7) is 3.62. The summed E-state index contributed by atoms with van der Waals surface area (Å²) in [6, 6.07) is 0.909. The van der Waals surface area contributed by atoms with Crippen molar-refractivity contribution < 1.29 is 0 Å². The summed E-state index contributed by atoms with van der Waals surface area (Å²) in [5, 5.41) is 3.69. The molecule has 15 heavy (non-hydrogen) atoms. The summed E-state index contributed by atoms with van der Waals surface area (Å²) in [5.74, 6) is 2.11. The van der Waals surface area contributed by atoms with Crippen molar-refractivity contribution in [2.45, 2.75) is 70.8 Å². The highest BCUT2D eigenvalue weighted by molar-refractivity contribution is 4.87. The second-order valence-electron chi connectivity index (χ2n) is 5.63. The Morgan fingerprint density at radius 2 is 1.73 bits per heavy atom. The Bertz CT molecular complexity index is 174. The molecule has 0 radical (unpaired) electrons. The first-order chi connectivity index (χ1) is 7.40. The predicted molar refractivity (Wildman–Crippen MR) is 66.0 cm³/mol. The van der Waals surface area contributed by atoms with Gasteiger partial charge in [0, 0.05) is 6.04 Å². The zero-order valence-corrected chi connectivity index (χ0v) is 10.3. The van der Waals surface area contributed by atoms with E-state index in [1.165, 1.54) is 64.3 Å². The van der Waals surface area contributed by atoms with E-state index < -0.39 is 0 Å². The second-order valence-corrected chi connectivity index (χ2v) is 5.63. The Balaban J connectivity index is 1.49. The van der Waals surface area contributed by atoms with E-state index in [1.54, 1.807) is 0 Å². The molecule has 2 aliphatic carbocycles. The lowest BCUT2D eigenvalue weighted by atomic mass is 9.71. The normalized spacial score (nSPS) is 30.2. The Morgan fingerprint density at radius 3 is 2.33 bits per heavy atom. The van der Waals surface area contributed by atoms with Gasteiger partial charge < -0.3 is 5.32 Å². The molecule has 0 spiro atoms. The maximum Gasteiger partial charge on any atom is 0.00683 e. The van der Waals surface area contributed by atoms with Crippen molar-refractivity contribution in [2.24, 2.45) is 11.8 Å². The molecule has 0 aliphatic heterocycles. The molecule has 0 aromatic carbocycles. The molecule has 2 unspecified atom stereocenters. The van der Waals surface area contributed by atoms with E-state index in [0.717, 1.165) is 17.9 Å². The summed E-state index contributed by atoms with van der Waals surface area (Å²) in [7, 11) is 0. The van der Waals surface area contributed by atoms with Gasteiger partial charge >= 0.3 is 0 Å². The third-order valence-corrected chi connectivity index (χ3v) is 4.25. The van der Waals surface area contributed by atoms with Crippen molar-refractivity contribution in [3.05, 3.63) is 0 Å². The zero-order valence-electron chi connectivity index (χ0n) is 10.3. The molecule has 1 N–H and O–H groups in total. The minimum absolute atomic E-state index is 0.909. The summed E-state index contributed by atoms with van der Waals surface area (Å²) >= 11 is 0. The van der Waals surface area contributed by atoms with Crippen molar-refractivity contribution >= 4 is 0 Å². The average Bonchev–Trinajstić information content (AvgIpc) is 3.00. The van der Waals surface area contributed by atoms with Gasteiger partial charge in [-0.3, -0.25) is 0 Å². The van der Waals surface area contributed by atoms with Crippen LogP contribution < -0.4 is 5.32 Å². The zero-order chi connectivity index (χ0) is 10.5. The molecular formula is C14H27N. The molecule has 2 atom stereocenters. The lowest BCUT2D eigenvalue weighted by Crippen LogP contribution is -2.36. The van der Waals surface area contributed by atoms with Crippen LogP contribution in [0.15, 0.2) is 0 Å². The fourth-order valence-corrected chi connectivity index (χ4v) is 2.73. The minimum atomic E-state index is 0.909. The smallest absolute Gasteiger partial charge is 0.00683 e.